The number of hydrogen-bond donors (Lipinski definition) is 1. The van der Waals surface area contributed by atoms with Crippen molar-refractivity contribution in [1.82, 2.24) is 4.98 Å². The summed E-state index contributed by atoms with van der Waals surface area (Å²) in [4.78, 5) is 14.3. The molecule has 0 radical (unpaired) electrons. The maximum atomic E-state index is 10.5. The fourth-order valence-corrected chi connectivity index (χ4v) is 1.38. The molecule has 1 heterocycles. The Morgan fingerprint density at radius 1 is 1.17 bits per heavy atom. The van der Waals surface area contributed by atoms with Crippen LogP contribution in [0.5, 0.6) is 11.6 Å². The van der Waals surface area contributed by atoms with Crippen LogP contribution in [0.25, 0.3) is 0 Å². The zero-order valence-corrected chi connectivity index (χ0v) is 9.45. The Kier molecular flexibility index (Phi) is 3.76. The van der Waals surface area contributed by atoms with Crippen LogP contribution in [0.4, 0.5) is 4.79 Å². The predicted octanol–water partition coefficient (Wildman–Crippen LogP) is 2.72. The second-order valence-electron chi connectivity index (χ2n) is 3.45. The van der Waals surface area contributed by atoms with Crippen LogP contribution in [0.3, 0.4) is 0 Å². The van der Waals surface area contributed by atoms with E-state index in [1.165, 1.54) is 6.20 Å². The van der Waals surface area contributed by atoms with E-state index in [-0.39, 0.29) is 5.88 Å². The largest absolute Gasteiger partial charge is 0.512 e. The van der Waals surface area contributed by atoms with Crippen molar-refractivity contribution in [2.45, 2.75) is 6.61 Å². The van der Waals surface area contributed by atoms with Crippen molar-refractivity contribution in [3.8, 4) is 11.6 Å². The highest BCUT2D eigenvalue weighted by Gasteiger charge is 2.09. The molecule has 0 saturated carbocycles. The number of pyridine rings is 1. The van der Waals surface area contributed by atoms with Crippen molar-refractivity contribution in [3.63, 3.8) is 0 Å². The number of benzene rings is 1. The molecule has 0 amide bonds. The van der Waals surface area contributed by atoms with Crippen LogP contribution in [0.2, 0.25) is 0 Å². The number of nitrogens with zero attached hydrogens (tertiary/aromatic N) is 1. The van der Waals surface area contributed by atoms with E-state index >= 15 is 0 Å². The summed E-state index contributed by atoms with van der Waals surface area (Å²) in [7, 11) is 0. The van der Waals surface area contributed by atoms with Crippen LogP contribution in [0.15, 0.2) is 48.7 Å². The second kappa shape index (κ2) is 5.67. The lowest BCUT2D eigenvalue weighted by atomic mass is 10.2. The first kappa shape index (κ1) is 11.9. The van der Waals surface area contributed by atoms with E-state index in [1.807, 2.05) is 30.3 Å². The Labute approximate surface area is 104 Å². The zero-order chi connectivity index (χ0) is 12.8. The number of carboxylic acid groups (broad SMARTS) is 1. The topological polar surface area (TPSA) is 68.7 Å². The van der Waals surface area contributed by atoms with Crippen molar-refractivity contribution in [2.75, 3.05) is 0 Å². The molecule has 0 bridgehead atoms. The minimum atomic E-state index is -1.42. The molecule has 18 heavy (non-hydrogen) atoms. The van der Waals surface area contributed by atoms with Gasteiger partial charge in [0.2, 0.25) is 0 Å². The first-order valence-electron chi connectivity index (χ1n) is 5.28. The Bertz CT molecular complexity index is 528. The maximum absolute atomic E-state index is 10.5. The van der Waals surface area contributed by atoms with Crippen molar-refractivity contribution in [3.05, 3.63) is 54.2 Å². The third kappa shape index (κ3) is 3.21. The van der Waals surface area contributed by atoms with Gasteiger partial charge in [0.1, 0.15) is 6.61 Å². The molecule has 1 aromatic heterocycles. The lowest BCUT2D eigenvalue weighted by molar-refractivity contribution is 0.139. The third-order valence-electron chi connectivity index (χ3n) is 2.16. The fraction of sp³-hybridized carbons (Fsp3) is 0.0769. The third-order valence-corrected chi connectivity index (χ3v) is 2.16. The van der Waals surface area contributed by atoms with E-state index in [0.717, 1.165) is 5.56 Å². The van der Waals surface area contributed by atoms with Crippen LogP contribution in [0.1, 0.15) is 5.56 Å². The Morgan fingerprint density at radius 3 is 2.67 bits per heavy atom. The summed E-state index contributed by atoms with van der Waals surface area (Å²) in [5.74, 6) is 0.240. The van der Waals surface area contributed by atoms with Gasteiger partial charge in [0, 0.05) is 6.20 Å². The number of aromatic nitrogens is 1. The molecule has 0 aliphatic heterocycles. The SMILES string of the molecule is O=C(O)Oc1ncccc1OCc1ccccc1. The lowest BCUT2D eigenvalue weighted by Crippen LogP contribution is -2.06. The van der Waals surface area contributed by atoms with Gasteiger partial charge in [0.25, 0.3) is 5.88 Å². The molecule has 1 N–H and O–H groups in total. The Balaban J connectivity index is 2.07. The summed E-state index contributed by atoms with van der Waals surface area (Å²) >= 11 is 0. The van der Waals surface area contributed by atoms with Gasteiger partial charge in [-0.2, -0.15) is 0 Å². The van der Waals surface area contributed by atoms with E-state index in [0.29, 0.717) is 12.4 Å². The van der Waals surface area contributed by atoms with Crippen LogP contribution >= 0.6 is 0 Å². The van der Waals surface area contributed by atoms with Gasteiger partial charge in [0.15, 0.2) is 5.75 Å². The quantitative estimate of drug-likeness (QED) is 0.839. The highest BCUT2D eigenvalue weighted by molar-refractivity contribution is 5.61. The van der Waals surface area contributed by atoms with Crippen LogP contribution in [0, 0.1) is 0 Å². The first-order chi connectivity index (χ1) is 8.75. The maximum Gasteiger partial charge on any atom is 0.512 e. The average molecular weight is 245 g/mol. The number of rotatable bonds is 4. The van der Waals surface area contributed by atoms with Gasteiger partial charge in [0.05, 0.1) is 0 Å². The Morgan fingerprint density at radius 2 is 1.94 bits per heavy atom. The van der Waals surface area contributed by atoms with Gasteiger partial charge < -0.3 is 14.6 Å². The summed E-state index contributed by atoms with van der Waals surface area (Å²) in [5.41, 5.74) is 0.975. The summed E-state index contributed by atoms with van der Waals surface area (Å²) in [6, 6.07) is 12.8. The van der Waals surface area contributed by atoms with Crippen molar-refractivity contribution < 1.29 is 19.4 Å². The monoisotopic (exact) mass is 245 g/mol. The van der Waals surface area contributed by atoms with Gasteiger partial charge in [-0.25, -0.2) is 9.78 Å². The van der Waals surface area contributed by atoms with Crippen molar-refractivity contribution >= 4 is 6.16 Å². The standard InChI is InChI=1S/C13H11NO4/c15-13(16)18-12-11(7-4-8-14-12)17-9-10-5-2-1-3-6-10/h1-8H,9H2,(H,15,16). The average Bonchev–Trinajstić information content (AvgIpc) is 2.38. The molecule has 1 aromatic carbocycles. The molecule has 5 nitrogen and oxygen atoms in total. The summed E-state index contributed by atoms with van der Waals surface area (Å²) < 4.78 is 9.99. The molecule has 0 unspecified atom stereocenters. The number of hydrogen-bond acceptors (Lipinski definition) is 4. The Hall–Kier alpha value is -2.56. The molecular formula is C13H11NO4. The van der Waals surface area contributed by atoms with E-state index in [2.05, 4.69) is 9.72 Å². The molecular weight excluding hydrogens is 234 g/mol. The predicted molar refractivity (Wildman–Crippen MR) is 63.7 cm³/mol. The normalized spacial score (nSPS) is 9.78. The molecule has 5 heteroatoms. The smallest absolute Gasteiger partial charge is 0.483 e. The summed E-state index contributed by atoms with van der Waals surface area (Å²) in [6.45, 7) is 0.322. The molecule has 2 aromatic rings. The summed E-state index contributed by atoms with van der Waals surface area (Å²) in [5, 5.41) is 8.56. The highest BCUT2D eigenvalue weighted by Crippen LogP contribution is 2.24. The van der Waals surface area contributed by atoms with E-state index < -0.39 is 6.16 Å². The molecule has 0 atom stereocenters. The van der Waals surface area contributed by atoms with Gasteiger partial charge in [-0.1, -0.05) is 30.3 Å². The summed E-state index contributed by atoms with van der Waals surface area (Å²) in [6.07, 6.45) is 0.0199. The minimum absolute atomic E-state index is 0.0547. The van der Waals surface area contributed by atoms with Crippen LogP contribution in [-0.2, 0) is 6.61 Å². The molecule has 0 aliphatic rings. The van der Waals surface area contributed by atoms with E-state index in [4.69, 9.17) is 9.84 Å². The van der Waals surface area contributed by atoms with Crippen molar-refractivity contribution in [2.24, 2.45) is 0 Å². The second-order valence-corrected chi connectivity index (χ2v) is 3.45. The van der Waals surface area contributed by atoms with Crippen LogP contribution in [-0.4, -0.2) is 16.2 Å². The van der Waals surface area contributed by atoms with E-state index in [1.54, 1.807) is 12.1 Å². The molecule has 0 fully saturated rings. The fourth-order valence-electron chi connectivity index (χ4n) is 1.38. The molecule has 2 rings (SSSR count). The minimum Gasteiger partial charge on any atom is -0.483 e. The lowest BCUT2D eigenvalue weighted by Gasteiger charge is -2.08. The van der Waals surface area contributed by atoms with Gasteiger partial charge >= 0.3 is 6.16 Å². The first-order valence-corrected chi connectivity index (χ1v) is 5.28. The van der Waals surface area contributed by atoms with Crippen molar-refractivity contribution in [1.29, 1.82) is 0 Å². The molecule has 92 valence electrons. The van der Waals surface area contributed by atoms with Gasteiger partial charge in [-0.3, -0.25) is 0 Å². The van der Waals surface area contributed by atoms with E-state index in [9.17, 15) is 4.79 Å². The number of carbonyl (C=O) groups is 1. The molecule has 0 aliphatic carbocycles. The number of ether oxygens (including phenoxy) is 2. The van der Waals surface area contributed by atoms with Gasteiger partial charge in [-0.15, -0.1) is 0 Å². The highest BCUT2D eigenvalue weighted by atomic mass is 16.7. The molecule has 0 saturated heterocycles. The zero-order valence-electron chi connectivity index (χ0n) is 9.45. The van der Waals surface area contributed by atoms with Gasteiger partial charge in [-0.05, 0) is 17.7 Å². The van der Waals surface area contributed by atoms with Crippen LogP contribution < -0.4 is 9.47 Å². The molecule has 0 spiro atoms.